The van der Waals surface area contributed by atoms with Crippen molar-refractivity contribution >= 4 is 13.5 Å². The number of hydrogen-bond donors (Lipinski definition) is 1. The monoisotopic (exact) mass is 343 g/mol. The zero-order valence-electron chi connectivity index (χ0n) is 14.0. The van der Waals surface area contributed by atoms with Crippen LogP contribution in [0.25, 0.3) is 0 Å². The Bertz CT molecular complexity index is 508. The second-order valence-corrected chi connectivity index (χ2v) is 7.12. The van der Waals surface area contributed by atoms with Gasteiger partial charge in [-0.05, 0) is 32.4 Å². The number of unbranched alkanes of at least 4 members (excludes halogenated alkanes) is 1. The minimum atomic E-state index is -3.39. The topological polar surface area (TPSA) is 73.9 Å². The third kappa shape index (κ3) is 7.64. The molecule has 23 heavy (non-hydrogen) atoms. The van der Waals surface area contributed by atoms with Crippen molar-refractivity contribution in [2.75, 3.05) is 19.6 Å². The molecule has 0 aliphatic rings. The average Bonchev–Trinajstić information content (AvgIpc) is 2.52. The molecule has 0 saturated carbocycles. The first kappa shape index (κ1) is 19.7. The van der Waals surface area contributed by atoms with E-state index in [1.54, 1.807) is 38.1 Å². The van der Waals surface area contributed by atoms with Crippen LogP contribution in [-0.4, -0.2) is 31.6 Å². The number of rotatable bonds is 11. The van der Waals surface area contributed by atoms with Gasteiger partial charge in [-0.15, -0.1) is 0 Å². The number of nitrogens with one attached hydrogen (secondary N) is 1. The van der Waals surface area contributed by atoms with Crippen LogP contribution in [0.3, 0.4) is 0 Å². The number of carbonyl (C=O) groups is 1. The molecule has 0 heterocycles. The SMILES string of the molecule is CCCCOCP(=O)(NC(C)C(=O)OCC)Oc1ccccc1. The molecule has 1 aromatic carbocycles. The highest BCUT2D eigenvalue weighted by Gasteiger charge is 2.30. The summed E-state index contributed by atoms with van der Waals surface area (Å²) in [6, 6.07) is 8.06. The zero-order valence-corrected chi connectivity index (χ0v) is 14.9. The van der Waals surface area contributed by atoms with E-state index in [-0.39, 0.29) is 13.0 Å². The van der Waals surface area contributed by atoms with Gasteiger partial charge >= 0.3 is 13.5 Å². The summed E-state index contributed by atoms with van der Waals surface area (Å²) in [5, 5.41) is 2.74. The average molecular weight is 343 g/mol. The second kappa shape index (κ2) is 10.4. The molecule has 0 aromatic heterocycles. The van der Waals surface area contributed by atoms with Crippen molar-refractivity contribution in [3.63, 3.8) is 0 Å². The number of ether oxygens (including phenoxy) is 2. The number of benzene rings is 1. The molecule has 0 radical (unpaired) electrons. The fourth-order valence-corrected chi connectivity index (χ4v) is 3.49. The molecule has 0 spiro atoms. The molecule has 0 aliphatic carbocycles. The van der Waals surface area contributed by atoms with E-state index in [2.05, 4.69) is 5.09 Å². The lowest BCUT2D eigenvalue weighted by Gasteiger charge is -2.23. The third-order valence-corrected chi connectivity index (χ3v) is 4.74. The first-order chi connectivity index (χ1) is 11.0. The van der Waals surface area contributed by atoms with Gasteiger partial charge < -0.3 is 14.0 Å². The maximum Gasteiger partial charge on any atom is 0.342 e. The van der Waals surface area contributed by atoms with Crippen LogP contribution in [-0.2, 0) is 18.8 Å². The highest BCUT2D eigenvalue weighted by atomic mass is 31.2. The summed E-state index contributed by atoms with van der Waals surface area (Å²) in [4.78, 5) is 11.7. The van der Waals surface area contributed by atoms with Crippen molar-refractivity contribution in [3.05, 3.63) is 30.3 Å². The van der Waals surface area contributed by atoms with Crippen molar-refractivity contribution < 1.29 is 23.4 Å². The quantitative estimate of drug-likeness (QED) is 0.376. The summed E-state index contributed by atoms with van der Waals surface area (Å²) in [6.07, 6.45) is 1.75. The van der Waals surface area contributed by atoms with Gasteiger partial charge in [0.1, 0.15) is 18.1 Å². The molecule has 1 N–H and O–H groups in total. The Morgan fingerprint density at radius 2 is 1.96 bits per heavy atom. The predicted molar refractivity (Wildman–Crippen MR) is 89.6 cm³/mol. The molecule has 6 nitrogen and oxygen atoms in total. The maximum atomic E-state index is 13.0. The van der Waals surface area contributed by atoms with Gasteiger partial charge in [-0.25, -0.2) is 5.09 Å². The zero-order chi connectivity index (χ0) is 17.1. The molecule has 130 valence electrons. The van der Waals surface area contributed by atoms with Crippen LogP contribution in [0.2, 0.25) is 0 Å². The second-order valence-electron chi connectivity index (χ2n) is 5.07. The van der Waals surface area contributed by atoms with Crippen LogP contribution in [0.4, 0.5) is 0 Å². The van der Waals surface area contributed by atoms with Crippen LogP contribution in [0, 0.1) is 0 Å². The number of hydrogen-bond acceptors (Lipinski definition) is 5. The van der Waals surface area contributed by atoms with E-state index in [0.717, 1.165) is 12.8 Å². The lowest BCUT2D eigenvalue weighted by Crippen LogP contribution is -2.35. The Hall–Kier alpha value is -1.36. The van der Waals surface area contributed by atoms with Crippen LogP contribution in [0.1, 0.15) is 33.6 Å². The largest absolute Gasteiger partial charge is 0.465 e. The predicted octanol–water partition coefficient (Wildman–Crippen LogP) is 3.57. The van der Waals surface area contributed by atoms with Crippen LogP contribution in [0.5, 0.6) is 5.75 Å². The summed E-state index contributed by atoms with van der Waals surface area (Å²) in [6.45, 7) is 6.11. The minimum Gasteiger partial charge on any atom is -0.465 e. The molecule has 1 rings (SSSR count). The van der Waals surface area contributed by atoms with Crippen LogP contribution in [0.15, 0.2) is 30.3 Å². The van der Waals surface area contributed by atoms with E-state index in [1.807, 2.05) is 13.0 Å². The molecule has 2 atom stereocenters. The molecule has 2 unspecified atom stereocenters. The van der Waals surface area contributed by atoms with Gasteiger partial charge in [-0.1, -0.05) is 31.5 Å². The Kier molecular flexibility index (Phi) is 8.92. The summed E-state index contributed by atoms with van der Waals surface area (Å²) in [5.41, 5.74) is 0. The summed E-state index contributed by atoms with van der Waals surface area (Å²) < 4.78 is 29.0. The Balaban J connectivity index is 2.74. The fraction of sp³-hybridized carbons (Fsp3) is 0.562. The maximum absolute atomic E-state index is 13.0. The van der Waals surface area contributed by atoms with E-state index >= 15 is 0 Å². The van der Waals surface area contributed by atoms with E-state index < -0.39 is 19.5 Å². The molecular weight excluding hydrogens is 317 g/mol. The fourth-order valence-electron chi connectivity index (χ4n) is 1.79. The van der Waals surface area contributed by atoms with Gasteiger partial charge in [0, 0.05) is 6.61 Å². The minimum absolute atomic E-state index is 0.106. The molecule has 0 bridgehead atoms. The first-order valence-corrected chi connectivity index (χ1v) is 9.67. The van der Waals surface area contributed by atoms with Crippen molar-refractivity contribution in [1.29, 1.82) is 0 Å². The smallest absolute Gasteiger partial charge is 0.342 e. The Labute approximate surface area is 138 Å². The molecule has 0 fully saturated rings. The Morgan fingerprint density at radius 3 is 2.57 bits per heavy atom. The number of para-hydroxylation sites is 1. The molecule has 0 aliphatic heterocycles. The Morgan fingerprint density at radius 1 is 1.26 bits per heavy atom. The first-order valence-electron chi connectivity index (χ1n) is 7.86. The molecule has 7 heteroatoms. The normalized spacial score (nSPS) is 14.7. The van der Waals surface area contributed by atoms with Gasteiger partial charge in [-0.3, -0.25) is 9.36 Å². The molecule has 0 amide bonds. The lowest BCUT2D eigenvalue weighted by molar-refractivity contribution is -0.144. The summed E-state index contributed by atoms with van der Waals surface area (Å²) in [7, 11) is -3.39. The highest BCUT2D eigenvalue weighted by molar-refractivity contribution is 7.57. The van der Waals surface area contributed by atoms with E-state index in [0.29, 0.717) is 12.4 Å². The van der Waals surface area contributed by atoms with Crippen LogP contribution < -0.4 is 9.61 Å². The third-order valence-electron chi connectivity index (χ3n) is 2.93. The van der Waals surface area contributed by atoms with Gasteiger partial charge in [0.15, 0.2) is 0 Å². The van der Waals surface area contributed by atoms with Crippen molar-refractivity contribution in [2.24, 2.45) is 0 Å². The molecular formula is C16H26NO5P. The van der Waals surface area contributed by atoms with E-state index in [4.69, 9.17) is 14.0 Å². The number of carbonyl (C=O) groups excluding carboxylic acids is 1. The standard InChI is InChI=1S/C16H26NO5P/c1-4-6-12-20-13-23(19,17-14(3)16(18)21-5-2)22-15-10-8-7-9-11-15/h7-11,14H,4-6,12-13H2,1-3H3,(H,17,19). The van der Waals surface area contributed by atoms with Gasteiger partial charge in [0.2, 0.25) is 0 Å². The highest BCUT2D eigenvalue weighted by Crippen LogP contribution is 2.43. The summed E-state index contributed by atoms with van der Waals surface area (Å²) in [5.74, 6) is -0.0172. The van der Waals surface area contributed by atoms with Gasteiger partial charge in [0.25, 0.3) is 0 Å². The van der Waals surface area contributed by atoms with E-state index in [9.17, 15) is 9.36 Å². The van der Waals surface area contributed by atoms with Crippen LogP contribution >= 0.6 is 7.52 Å². The van der Waals surface area contributed by atoms with Crippen molar-refractivity contribution in [2.45, 2.75) is 39.7 Å². The van der Waals surface area contributed by atoms with Gasteiger partial charge in [-0.2, -0.15) is 0 Å². The molecule has 1 aromatic rings. The van der Waals surface area contributed by atoms with Crippen molar-refractivity contribution in [3.8, 4) is 5.75 Å². The van der Waals surface area contributed by atoms with Gasteiger partial charge in [0.05, 0.1) is 6.61 Å². The summed E-state index contributed by atoms with van der Waals surface area (Å²) >= 11 is 0. The number of esters is 1. The van der Waals surface area contributed by atoms with E-state index in [1.165, 1.54) is 0 Å². The lowest BCUT2D eigenvalue weighted by atomic mass is 10.3. The van der Waals surface area contributed by atoms with Crippen molar-refractivity contribution in [1.82, 2.24) is 5.09 Å². The molecule has 0 saturated heterocycles.